The summed E-state index contributed by atoms with van der Waals surface area (Å²) in [4.78, 5) is 22.8. The molecule has 0 aliphatic heterocycles. The zero-order valence-corrected chi connectivity index (χ0v) is 13.0. The van der Waals surface area contributed by atoms with Gasteiger partial charge >= 0.3 is 6.09 Å². The third-order valence-electron chi connectivity index (χ3n) is 3.14. The summed E-state index contributed by atoms with van der Waals surface area (Å²) in [6.07, 6.45) is 2.15. The molecule has 0 spiro atoms. The highest BCUT2D eigenvalue weighted by molar-refractivity contribution is 5.74. The number of carbonyl (C=O) groups excluding carboxylic acids is 2. The first-order valence-corrected chi connectivity index (χ1v) is 7.57. The van der Waals surface area contributed by atoms with Crippen LogP contribution in [0.2, 0.25) is 0 Å². The fraction of sp³-hybridized carbons (Fsp3) is 0.500. The quantitative estimate of drug-likeness (QED) is 0.418. The van der Waals surface area contributed by atoms with Crippen molar-refractivity contribution < 1.29 is 19.5 Å². The van der Waals surface area contributed by atoms with Gasteiger partial charge in [-0.3, -0.25) is 10.0 Å². The molecule has 0 saturated carbocycles. The minimum Gasteiger partial charge on any atom is -0.445 e. The minimum atomic E-state index is -0.438. The monoisotopic (exact) mass is 308 g/mol. The van der Waals surface area contributed by atoms with Crippen LogP contribution in [0.15, 0.2) is 30.3 Å². The second kappa shape index (κ2) is 10.6. The van der Waals surface area contributed by atoms with Crippen LogP contribution in [-0.2, 0) is 16.1 Å². The lowest BCUT2D eigenvalue weighted by Crippen LogP contribution is -2.27. The smallest absolute Gasteiger partial charge is 0.407 e. The minimum absolute atomic E-state index is 0.254. The van der Waals surface area contributed by atoms with Crippen molar-refractivity contribution in [3.05, 3.63) is 35.9 Å². The SMILES string of the molecule is CCN(O)C(=O)CCCCCNC(=O)OCc1ccccc1. The molecule has 2 amide bonds. The van der Waals surface area contributed by atoms with Crippen LogP contribution in [0.1, 0.15) is 38.2 Å². The van der Waals surface area contributed by atoms with Gasteiger partial charge in [0.2, 0.25) is 5.91 Å². The largest absolute Gasteiger partial charge is 0.445 e. The van der Waals surface area contributed by atoms with Gasteiger partial charge in [0.25, 0.3) is 0 Å². The van der Waals surface area contributed by atoms with Crippen LogP contribution in [0.25, 0.3) is 0 Å². The Hall–Kier alpha value is -2.08. The van der Waals surface area contributed by atoms with Crippen LogP contribution in [0.5, 0.6) is 0 Å². The zero-order valence-electron chi connectivity index (χ0n) is 13.0. The summed E-state index contributed by atoms with van der Waals surface area (Å²) in [6, 6.07) is 9.48. The summed E-state index contributed by atoms with van der Waals surface area (Å²) >= 11 is 0. The number of carbonyl (C=O) groups is 2. The Bertz CT molecular complexity index is 451. The molecule has 0 bridgehead atoms. The molecular formula is C16H24N2O4. The van der Waals surface area contributed by atoms with E-state index in [9.17, 15) is 9.59 Å². The van der Waals surface area contributed by atoms with Gasteiger partial charge in [-0.1, -0.05) is 36.8 Å². The maximum atomic E-state index is 11.5. The molecular weight excluding hydrogens is 284 g/mol. The highest BCUT2D eigenvalue weighted by Gasteiger charge is 2.07. The number of unbranched alkanes of at least 4 members (excludes halogenated alkanes) is 2. The van der Waals surface area contributed by atoms with E-state index in [1.165, 1.54) is 0 Å². The van der Waals surface area contributed by atoms with E-state index in [1.807, 2.05) is 30.3 Å². The van der Waals surface area contributed by atoms with E-state index in [1.54, 1.807) is 6.92 Å². The Morgan fingerprint density at radius 1 is 1.18 bits per heavy atom. The summed E-state index contributed by atoms with van der Waals surface area (Å²) < 4.78 is 5.07. The molecule has 0 saturated heterocycles. The van der Waals surface area contributed by atoms with Crippen molar-refractivity contribution >= 4 is 12.0 Å². The van der Waals surface area contributed by atoms with Crippen LogP contribution >= 0.6 is 0 Å². The van der Waals surface area contributed by atoms with E-state index < -0.39 is 6.09 Å². The molecule has 2 N–H and O–H groups in total. The van der Waals surface area contributed by atoms with E-state index in [0.29, 0.717) is 25.9 Å². The Labute approximate surface area is 131 Å². The standard InChI is InChI=1S/C16H24N2O4/c1-2-18(21)15(19)11-7-4-8-12-17-16(20)22-13-14-9-5-3-6-10-14/h3,5-6,9-10,21H,2,4,7-8,11-13H2,1H3,(H,17,20). The Kier molecular flexibility index (Phi) is 8.67. The number of hydrogen-bond acceptors (Lipinski definition) is 4. The third-order valence-corrected chi connectivity index (χ3v) is 3.14. The Morgan fingerprint density at radius 2 is 1.91 bits per heavy atom. The van der Waals surface area contributed by atoms with Gasteiger partial charge in [-0.15, -0.1) is 0 Å². The van der Waals surface area contributed by atoms with E-state index in [4.69, 9.17) is 9.94 Å². The molecule has 22 heavy (non-hydrogen) atoms. The average Bonchev–Trinajstić information content (AvgIpc) is 2.56. The molecule has 6 heteroatoms. The number of nitrogens with zero attached hydrogens (tertiary/aromatic N) is 1. The molecule has 1 aromatic rings. The van der Waals surface area contributed by atoms with E-state index in [0.717, 1.165) is 23.5 Å². The lowest BCUT2D eigenvalue weighted by molar-refractivity contribution is -0.164. The van der Waals surface area contributed by atoms with Crippen molar-refractivity contribution in [2.75, 3.05) is 13.1 Å². The molecule has 6 nitrogen and oxygen atoms in total. The highest BCUT2D eigenvalue weighted by Crippen LogP contribution is 2.03. The second-order valence-corrected chi connectivity index (χ2v) is 4.91. The number of alkyl carbamates (subject to hydrolysis) is 1. The molecule has 122 valence electrons. The Morgan fingerprint density at radius 3 is 2.59 bits per heavy atom. The summed E-state index contributed by atoms with van der Waals surface area (Å²) in [6.45, 7) is 2.78. The Balaban J connectivity index is 2.00. The highest BCUT2D eigenvalue weighted by atomic mass is 16.5. The van der Waals surface area contributed by atoms with Crippen LogP contribution < -0.4 is 5.32 Å². The molecule has 0 aliphatic rings. The molecule has 1 aromatic carbocycles. The first kappa shape index (κ1) is 18.0. The first-order valence-electron chi connectivity index (χ1n) is 7.57. The van der Waals surface area contributed by atoms with Gasteiger partial charge < -0.3 is 10.1 Å². The summed E-state index contributed by atoms with van der Waals surface area (Å²) in [7, 11) is 0. The van der Waals surface area contributed by atoms with Crippen molar-refractivity contribution in [3.63, 3.8) is 0 Å². The fourth-order valence-electron chi connectivity index (χ4n) is 1.85. The third kappa shape index (κ3) is 7.64. The number of rotatable bonds is 9. The van der Waals surface area contributed by atoms with Gasteiger partial charge in [0.1, 0.15) is 6.61 Å². The lowest BCUT2D eigenvalue weighted by atomic mass is 10.2. The number of hydroxylamine groups is 2. The predicted octanol–water partition coefficient (Wildman–Crippen LogP) is 2.71. The lowest BCUT2D eigenvalue weighted by Gasteiger charge is -2.11. The molecule has 0 aromatic heterocycles. The normalized spacial score (nSPS) is 10.1. The number of benzene rings is 1. The zero-order chi connectivity index (χ0) is 16.2. The van der Waals surface area contributed by atoms with Crippen LogP contribution in [0.3, 0.4) is 0 Å². The predicted molar refractivity (Wildman–Crippen MR) is 82.3 cm³/mol. The summed E-state index contributed by atoms with van der Waals surface area (Å²) in [5.41, 5.74) is 0.945. The van der Waals surface area contributed by atoms with Crippen molar-refractivity contribution in [3.8, 4) is 0 Å². The molecule has 0 heterocycles. The molecule has 0 aliphatic carbocycles. The van der Waals surface area contributed by atoms with Crippen molar-refractivity contribution in [1.29, 1.82) is 0 Å². The second-order valence-electron chi connectivity index (χ2n) is 4.91. The molecule has 0 fully saturated rings. The van der Waals surface area contributed by atoms with Gasteiger partial charge in [-0.05, 0) is 25.3 Å². The van der Waals surface area contributed by atoms with Crippen molar-refractivity contribution in [1.82, 2.24) is 10.4 Å². The number of amides is 2. The van der Waals surface area contributed by atoms with Gasteiger partial charge in [-0.25, -0.2) is 9.86 Å². The van der Waals surface area contributed by atoms with Crippen LogP contribution in [-0.4, -0.2) is 35.4 Å². The molecule has 0 radical (unpaired) electrons. The van der Waals surface area contributed by atoms with Crippen LogP contribution in [0, 0.1) is 0 Å². The van der Waals surface area contributed by atoms with E-state index in [2.05, 4.69) is 5.32 Å². The number of hydrogen-bond donors (Lipinski definition) is 2. The molecule has 1 rings (SSSR count). The van der Waals surface area contributed by atoms with Crippen LogP contribution in [0.4, 0.5) is 4.79 Å². The summed E-state index contributed by atoms with van der Waals surface area (Å²) in [5, 5.41) is 12.6. The van der Waals surface area contributed by atoms with Gasteiger partial charge in [-0.2, -0.15) is 0 Å². The molecule has 0 unspecified atom stereocenters. The van der Waals surface area contributed by atoms with E-state index in [-0.39, 0.29) is 12.5 Å². The average molecular weight is 308 g/mol. The van der Waals surface area contributed by atoms with E-state index >= 15 is 0 Å². The maximum absolute atomic E-state index is 11.5. The maximum Gasteiger partial charge on any atom is 0.407 e. The molecule has 0 atom stereocenters. The topological polar surface area (TPSA) is 78.9 Å². The summed E-state index contributed by atoms with van der Waals surface area (Å²) in [5.74, 6) is -0.266. The van der Waals surface area contributed by atoms with Crippen molar-refractivity contribution in [2.45, 2.75) is 39.2 Å². The van der Waals surface area contributed by atoms with Gasteiger partial charge in [0, 0.05) is 19.5 Å². The first-order chi connectivity index (χ1) is 10.6. The van der Waals surface area contributed by atoms with Gasteiger partial charge in [0.15, 0.2) is 0 Å². The van der Waals surface area contributed by atoms with Crippen molar-refractivity contribution in [2.24, 2.45) is 0 Å². The number of ether oxygens (including phenoxy) is 1. The van der Waals surface area contributed by atoms with Gasteiger partial charge in [0.05, 0.1) is 0 Å². The number of nitrogens with one attached hydrogen (secondary N) is 1. The fourth-order valence-corrected chi connectivity index (χ4v) is 1.85.